The fourth-order valence-corrected chi connectivity index (χ4v) is 5.38. The van der Waals surface area contributed by atoms with Gasteiger partial charge in [0.1, 0.15) is 0 Å². The predicted octanol–water partition coefficient (Wildman–Crippen LogP) is 2.22. The van der Waals surface area contributed by atoms with Crippen LogP contribution in [-0.4, -0.2) is 87.5 Å². The number of nitrogens with zero attached hydrogens (tertiary/aromatic N) is 3. The Morgan fingerprint density at radius 1 is 0.906 bits per heavy atom. The molecular formula is C25H41N5O2. The molecule has 1 aromatic rings. The molecule has 0 atom stereocenters. The lowest BCUT2D eigenvalue weighted by molar-refractivity contribution is -0.0352. The van der Waals surface area contributed by atoms with E-state index in [-0.39, 0.29) is 5.54 Å². The summed E-state index contributed by atoms with van der Waals surface area (Å²) in [5, 5.41) is 7.25. The number of hydrogen-bond acceptors (Lipinski definition) is 5. The Balaban J connectivity index is 1.33. The minimum absolute atomic E-state index is 0.230. The summed E-state index contributed by atoms with van der Waals surface area (Å²) in [7, 11) is 1.87. The highest BCUT2D eigenvalue weighted by atomic mass is 16.5. The third kappa shape index (κ3) is 6.22. The van der Waals surface area contributed by atoms with E-state index in [1.54, 1.807) is 0 Å². The van der Waals surface area contributed by atoms with Crippen molar-refractivity contribution in [3.8, 4) is 0 Å². The number of guanidine groups is 1. The van der Waals surface area contributed by atoms with Crippen LogP contribution in [0.2, 0.25) is 0 Å². The molecule has 1 aliphatic carbocycles. The zero-order valence-electron chi connectivity index (χ0n) is 19.8. The van der Waals surface area contributed by atoms with Gasteiger partial charge in [-0.05, 0) is 24.0 Å². The van der Waals surface area contributed by atoms with E-state index in [9.17, 15) is 0 Å². The molecule has 2 saturated heterocycles. The maximum absolute atomic E-state index is 5.63. The molecule has 0 radical (unpaired) electrons. The van der Waals surface area contributed by atoms with Crippen LogP contribution in [0.15, 0.2) is 29.3 Å². The molecule has 0 aromatic heterocycles. The first-order chi connectivity index (χ1) is 15.8. The third-order valence-corrected chi connectivity index (χ3v) is 7.34. The largest absolute Gasteiger partial charge is 0.379 e. The molecule has 7 heteroatoms. The van der Waals surface area contributed by atoms with Crippen LogP contribution in [0.5, 0.6) is 0 Å². The Labute approximate surface area is 193 Å². The minimum Gasteiger partial charge on any atom is -0.379 e. The summed E-state index contributed by atoms with van der Waals surface area (Å²) in [6.45, 7) is 10.2. The monoisotopic (exact) mass is 443 g/mol. The van der Waals surface area contributed by atoms with Gasteiger partial charge in [-0.3, -0.25) is 14.8 Å². The van der Waals surface area contributed by atoms with Gasteiger partial charge in [0.2, 0.25) is 0 Å². The van der Waals surface area contributed by atoms with Gasteiger partial charge in [-0.1, -0.05) is 43.5 Å². The smallest absolute Gasteiger partial charge is 0.191 e. The lowest BCUT2D eigenvalue weighted by atomic mass is 9.80. The highest BCUT2D eigenvalue weighted by molar-refractivity contribution is 5.79. The van der Waals surface area contributed by atoms with Gasteiger partial charge in [0.05, 0.1) is 26.4 Å². The average Bonchev–Trinajstić information content (AvgIpc) is 2.87. The molecule has 2 N–H and O–H groups in total. The molecule has 0 amide bonds. The molecule has 0 bridgehead atoms. The quantitative estimate of drug-likeness (QED) is 0.498. The summed E-state index contributed by atoms with van der Waals surface area (Å²) < 4.78 is 11.1. The van der Waals surface area contributed by atoms with Crippen molar-refractivity contribution in [2.24, 2.45) is 4.99 Å². The molecule has 2 heterocycles. The molecule has 32 heavy (non-hydrogen) atoms. The van der Waals surface area contributed by atoms with Crippen LogP contribution in [0.3, 0.4) is 0 Å². The third-order valence-electron chi connectivity index (χ3n) is 7.34. The van der Waals surface area contributed by atoms with Crippen LogP contribution in [0, 0.1) is 0 Å². The molecule has 1 aromatic carbocycles. The first-order valence-corrected chi connectivity index (χ1v) is 12.4. The fourth-order valence-electron chi connectivity index (χ4n) is 5.38. The molecule has 0 spiro atoms. The Kier molecular flexibility index (Phi) is 8.79. The molecule has 4 rings (SSSR count). The van der Waals surface area contributed by atoms with E-state index in [2.05, 4.69) is 49.7 Å². The Hall–Kier alpha value is -1.67. The van der Waals surface area contributed by atoms with E-state index in [4.69, 9.17) is 9.47 Å². The second-order valence-corrected chi connectivity index (χ2v) is 9.32. The first-order valence-electron chi connectivity index (χ1n) is 12.4. The van der Waals surface area contributed by atoms with Crippen molar-refractivity contribution in [3.05, 3.63) is 35.4 Å². The van der Waals surface area contributed by atoms with Gasteiger partial charge in [0.15, 0.2) is 5.96 Å². The number of benzene rings is 1. The molecular weight excluding hydrogens is 402 g/mol. The lowest BCUT2D eigenvalue weighted by Gasteiger charge is -2.48. The summed E-state index contributed by atoms with van der Waals surface area (Å²) in [6.07, 6.45) is 6.53. The van der Waals surface area contributed by atoms with Crippen LogP contribution < -0.4 is 10.6 Å². The summed E-state index contributed by atoms with van der Waals surface area (Å²) in [4.78, 5) is 9.68. The van der Waals surface area contributed by atoms with Crippen molar-refractivity contribution >= 4 is 5.96 Å². The van der Waals surface area contributed by atoms with Crippen LogP contribution in [0.1, 0.15) is 43.2 Å². The van der Waals surface area contributed by atoms with Gasteiger partial charge < -0.3 is 20.1 Å². The number of rotatable bonds is 7. The summed E-state index contributed by atoms with van der Waals surface area (Å²) in [5.74, 6) is 0.893. The van der Waals surface area contributed by atoms with Crippen molar-refractivity contribution in [3.63, 3.8) is 0 Å². The van der Waals surface area contributed by atoms with Crippen molar-refractivity contribution < 1.29 is 9.47 Å². The van der Waals surface area contributed by atoms with Crippen molar-refractivity contribution in [1.29, 1.82) is 0 Å². The average molecular weight is 444 g/mol. The maximum atomic E-state index is 5.63. The predicted molar refractivity (Wildman–Crippen MR) is 129 cm³/mol. The van der Waals surface area contributed by atoms with Gasteiger partial charge >= 0.3 is 0 Å². The van der Waals surface area contributed by atoms with E-state index in [0.29, 0.717) is 0 Å². The summed E-state index contributed by atoms with van der Waals surface area (Å²) >= 11 is 0. The van der Waals surface area contributed by atoms with Gasteiger partial charge in [-0.15, -0.1) is 0 Å². The number of nitrogens with one attached hydrogen (secondary N) is 2. The number of aliphatic imine (C=N–C) groups is 1. The second-order valence-electron chi connectivity index (χ2n) is 9.32. The minimum atomic E-state index is 0.230. The standard InChI is InChI=1S/C25H41N5O2/c1-26-24(28-21-25(9-5-2-6-10-25)30-13-17-32-18-14-30)27-19-22-7-3-4-8-23(22)20-29-11-15-31-16-12-29/h3-4,7-8H,2,5-6,9-21H2,1H3,(H2,26,27,28). The molecule has 7 nitrogen and oxygen atoms in total. The van der Waals surface area contributed by atoms with E-state index in [1.807, 2.05) is 7.05 Å². The highest BCUT2D eigenvalue weighted by Gasteiger charge is 2.38. The van der Waals surface area contributed by atoms with Gasteiger partial charge in [-0.25, -0.2) is 0 Å². The second kappa shape index (κ2) is 12.0. The number of hydrogen-bond donors (Lipinski definition) is 2. The highest BCUT2D eigenvalue weighted by Crippen LogP contribution is 2.33. The maximum Gasteiger partial charge on any atom is 0.191 e. The Bertz CT molecular complexity index is 723. The SMILES string of the molecule is CN=C(NCc1ccccc1CN1CCOCC1)NCC1(N2CCOCC2)CCCCC1. The van der Waals surface area contributed by atoms with Gasteiger partial charge in [0, 0.05) is 58.4 Å². The van der Waals surface area contributed by atoms with Crippen molar-refractivity contribution in [2.75, 3.05) is 66.2 Å². The van der Waals surface area contributed by atoms with E-state index < -0.39 is 0 Å². The van der Waals surface area contributed by atoms with E-state index in [1.165, 1.54) is 43.2 Å². The molecule has 1 saturated carbocycles. The first kappa shape index (κ1) is 23.5. The summed E-state index contributed by atoms with van der Waals surface area (Å²) in [6, 6.07) is 8.75. The molecule has 3 fully saturated rings. The zero-order valence-corrected chi connectivity index (χ0v) is 19.8. The molecule has 178 valence electrons. The Morgan fingerprint density at radius 2 is 1.56 bits per heavy atom. The molecule has 0 unspecified atom stereocenters. The zero-order chi connectivity index (χ0) is 22.1. The van der Waals surface area contributed by atoms with Crippen LogP contribution in [0.4, 0.5) is 0 Å². The Morgan fingerprint density at radius 3 is 2.25 bits per heavy atom. The topological polar surface area (TPSA) is 61.4 Å². The van der Waals surface area contributed by atoms with Gasteiger partial charge in [0.25, 0.3) is 0 Å². The van der Waals surface area contributed by atoms with Crippen LogP contribution in [0.25, 0.3) is 0 Å². The normalized spacial score (nSPS) is 23.1. The summed E-state index contributed by atoms with van der Waals surface area (Å²) in [5.41, 5.74) is 2.95. The number of ether oxygens (including phenoxy) is 2. The number of morpholine rings is 2. The van der Waals surface area contributed by atoms with E-state index in [0.717, 1.165) is 78.2 Å². The fraction of sp³-hybridized carbons (Fsp3) is 0.720. The van der Waals surface area contributed by atoms with Crippen LogP contribution in [-0.2, 0) is 22.6 Å². The molecule has 2 aliphatic heterocycles. The molecule has 3 aliphatic rings. The lowest BCUT2D eigenvalue weighted by Crippen LogP contribution is -2.60. The van der Waals surface area contributed by atoms with Crippen LogP contribution >= 0.6 is 0 Å². The van der Waals surface area contributed by atoms with Crippen molar-refractivity contribution in [1.82, 2.24) is 20.4 Å². The van der Waals surface area contributed by atoms with Crippen molar-refractivity contribution in [2.45, 2.75) is 50.7 Å². The van der Waals surface area contributed by atoms with E-state index >= 15 is 0 Å². The van der Waals surface area contributed by atoms with Gasteiger partial charge in [-0.2, -0.15) is 0 Å².